The largest absolute Gasteiger partial charge is 0.368 e. The summed E-state index contributed by atoms with van der Waals surface area (Å²) in [4.78, 5) is 14.0. The molecule has 1 aliphatic heterocycles. The van der Waals surface area contributed by atoms with Crippen LogP contribution in [-0.2, 0) is 9.53 Å². The summed E-state index contributed by atoms with van der Waals surface area (Å²) in [7, 11) is 1.55. The second kappa shape index (κ2) is 7.23. The summed E-state index contributed by atoms with van der Waals surface area (Å²) in [5.74, 6) is -0.430. The molecule has 3 aliphatic rings. The molecule has 1 amide bonds. The number of guanidine groups is 1. The van der Waals surface area contributed by atoms with E-state index in [4.69, 9.17) is 10.1 Å². The van der Waals surface area contributed by atoms with Gasteiger partial charge in [0.25, 0.3) is 5.91 Å². The Bertz CT molecular complexity index is 601. The molecule has 1 heterocycles. The van der Waals surface area contributed by atoms with Gasteiger partial charge in [0.2, 0.25) is 0 Å². The molecule has 0 aromatic rings. The molecule has 3 atom stereocenters. The maximum absolute atomic E-state index is 14.0. The third kappa shape index (κ3) is 3.76. The molecule has 25 heavy (non-hydrogen) atoms. The van der Waals surface area contributed by atoms with Crippen LogP contribution >= 0.6 is 0 Å². The molecule has 3 rings (SSSR count). The van der Waals surface area contributed by atoms with E-state index in [1.807, 2.05) is 0 Å². The van der Waals surface area contributed by atoms with Crippen molar-refractivity contribution in [1.82, 2.24) is 10.2 Å². The van der Waals surface area contributed by atoms with Crippen LogP contribution in [-0.4, -0.2) is 48.2 Å². The van der Waals surface area contributed by atoms with Crippen LogP contribution in [0.3, 0.4) is 0 Å². The van der Waals surface area contributed by atoms with E-state index < -0.39 is 23.6 Å². The van der Waals surface area contributed by atoms with Crippen molar-refractivity contribution >= 4 is 11.9 Å². The standard InChI is InChI=1S/C18H25F2N3O2/c1-23-16(24)18(22-17(23)21,10-12-5-3-2-4-6-12)11-25-15-8-7-13(19)9-14(15)20/h7-9,12,14-15H,2-6,10-11H2,1H3,(H2,21,22). The van der Waals surface area contributed by atoms with Crippen molar-refractivity contribution in [2.75, 3.05) is 13.7 Å². The maximum atomic E-state index is 14.0. The van der Waals surface area contributed by atoms with Gasteiger partial charge in [-0.2, -0.15) is 0 Å². The predicted octanol–water partition coefficient (Wildman–Crippen LogP) is 2.84. The average molecular weight is 353 g/mol. The Morgan fingerprint density at radius 2 is 2.12 bits per heavy atom. The number of allylic oxidation sites excluding steroid dienone is 2. The highest BCUT2D eigenvalue weighted by molar-refractivity contribution is 6.07. The topological polar surface area (TPSA) is 65.4 Å². The quantitative estimate of drug-likeness (QED) is 0.799. The van der Waals surface area contributed by atoms with Crippen LogP contribution in [0.25, 0.3) is 0 Å². The Hall–Kier alpha value is -1.76. The highest BCUT2D eigenvalue weighted by Gasteiger charge is 2.50. The molecule has 3 unspecified atom stereocenters. The highest BCUT2D eigenvalue weighted by Crippen LogP contribution is 2.34. The number of rotatable bonds is 5. The van der Waals surface area contributed by atoms with Crippen molar-refractivity contribution in [3.05, 3.63) is 24.1 Å². The van der Waals surface area contributed by atoms with Gasteiger partial charge in [-0.15, -0.1) is 0 Å². The number of carbonyl (C=O) groups is 1. The fourth-order valence-electron chi connectivity index (χ4n) is 3.95. The zero-order chi connectivity index (χ0) is 18.0. The smallest absolute Gasteiger partial charge is 0.257 e. The number of carbonyl (C=O) groups excluding carboxylic acids is 1. The van der Waals surface area contributed by atoms with Crippen LogP contribution < -0.4 is 5.32 Å². The predicted molar refractivity (Wildman–Crippen MR) is 90.5 cm³/mol. The van der Waals surface area contributed by atoms with E-state index in [9.17, 15) is 13.6 Å². The molecular weight excluding hydrogens is 328 g/mol. The lowest BCUT2D eigenvalue weighted by atomic mass is 9.79. The van der Waals surface area contributed by atoms with Gasteiger partial charge in [0.1, 0.15) is 17.5 Å². The molecule has 0 aromatic carbocycles. The maximum Gasteiger partial charge on any atom is 0.257 e. The molecular formula is C18H25F2N3O2. The first kappa shape index (κ1) is 18.0. The molecule has 0 spiro atoms. The Morgan fingerprint density at radius 1 is 1.40 bits per heavy atom. The van der Waals surface area contributed by atoms with Gasteiger partial charge in [0.15, 0.2) is 12.1 Å². The molecule has 7 heteroatoms. The van der Waals surface area contributed by atoms with Crippen LogP contribution in [0.15, 0.2) is 24.1 Å². The third-order valence-electron chi connectivity index (χ3n) is 5.37. The summed E-state index contributed by atoms with van der Waals surface area (Å²) in [6, 6.07) is 0. The lowest BCUT2D eigenvalue weighted by molar-refractivity contribution is -0.134. The summed E-state index contributed by atoms with van der Waals surface area (Å²) in [6.07, 6.45) is 7.06. The molecule has 2 N–H and O–H groups in total. The van der Waals surface area contributed by atoms with Crippen LogP contribution in [0, 0.1) is 11.3 Å². The van der Waals surface area contributed by atoms with E-state index >= 15 is 0 Å². The normalized spacial score (nSPS) is 33.6. The molecule has 5 nitrogen and oxygen atoms in total. The molecule has 0 aromatic heterocycles. The molecule has 0 bridgehead atoms. The summed E-state index contributed by atoms with van der Waals surface area (Å²) in [6.45, 7) is -0.0417. The summed E-state index contributed by atoms with van der Waals surface area (Å²) in [5, 5.41) is 10.9. The fraction of sp³-hybridized carbons (Fsp3) is 0.667. The SMILES string of the molecule is CN1C(=N)NC(COC2C=CC(F)=CC2F)(CC2CCCCC2)C1=O. The molecule has 138 valence electrons. The van der Waals surface area contributed by atoms with E-state index in [1.165, 1.54) is 23.5 Å². The molecule has 1 saturated carbocycles. The zero-order valence-electron chi connectivity index (χ0n) is 14.4. The van der Waals surface area contributed by atoms with Gasteiger partial charge in [-0.3, -0.25) is 15.1 Å². The summed E-state index contributed by atoms with van der Waals surface area (Å²) < 4.78 is 32.7. The third-order valence-corrected chi connectivity index (χ3v) is 5.37. The highest BCUT2D eigenvalue weighted by atomic mass is 19.1. The number of amides is 1. The minimum Gasteiger partial charge on any atom is -0.368 e. The van der Waals surface area contributed by atoms with Gasteiger partial charge in [-0.25, -0.2) is 8.78 Å². The zero-order valence-corrected chi connectivity index (χ0v) is 14.4. The Labute approximate surface area is 146 Å². The lowest BCUT2D eigenvalue weighted by Gasteiger charge is -2.34. The number of nitrogens with one attached hydrogen (secondary N) is 2. The van der Waals surface area contributed by atoms with Crippen LogP contribution in [0.4, 0.5) is 8.78 Å². The van der Waals surface area contributed by atoms with E-state index in [0.29, 0.717) is 12.3 Å². The summed E-state index contributed by atoms with van der Waals surface area (Å²) >= 11 is 0. The van der Waals surface area contributed by atoms with Crippen molar-refractivity contribution in [2.45, 2.75) is 56.3 Å². The Balaban J connectivity index is 1.72. The Morgan fingerprint density at radius 3 is 2.72 bits per heavy atom. The average Bonchev–Trinajstić information content (AvgIpc) is 2.79. The van der Waals surface area contributed by atoms with Crippen LogP contribution in [0.5, 0.6) is 0 Å². The Kier molecular flexibility index (Phi) is 5.22. The summed E-state index contributed by atoms with van der Waals surface area (Å²) in [5.41, 5.74) is -1.04. The van der Waals surface area contributed by atoms with Crippen molar-refractivity contribution < 1.29 is 18.3 Å². The van der Waals surface area contributed by atoms with Crippen molar-refractivity contribution in [1.29, 1.82) is 5.41 Å². The first-order chi connectivity index (χ1) is 11.9. The fourth-order valence-corrected chi connectivity index (χ4v) is 3.95. The van der Waals surface area contributed by atoms with Gasteiger partial charge < -0.3 is 10.1 Å². The minimum atomic E-state index is -1.58. The van der Waals surface area contributed by atoms with Crippen LogP contribution in [0.2, 0.25) is 0 Å². The van der Waals surface area contributed by atoms with Gasteiger partial charge in [-0.1, -0.05) is 32.1 Å². The first-order valence-electron chi connectivity index (χ1n) is 8.87. The van der Waals surface area contributed by atoms with E-state index in [-0.39, 0.29) is 18.5 Å². The van der Waals surface area contributed by atoms with Crippen molar-refractivity contribution in [3.63, 3.8) is 0 Å². The van der Waals surface area contributed by atoms with Gasteiger partial charge in [0, 0.05) is 7.05 Å². The van der Waals surface area contributed by atoms with E-state index in [0.717, 1.165) is 31.8 Å². The number of halogens is 2. The lowest BCUT2D eigenvalue weighted by Crippen LogP contribution is -2.53. The van der Waals surface area contributed by atoms with E-state index in [1.54, 1.807) is 7.05 Å². The molecule has 2 aliphatic carbocycles. The molecule has 1 saturated heterocycles. The van der Waals surface area contributed by atoms with Gasteiger partial charge in [-0.05, 0) is 30.6 Å². The first-order valence-corrected chi connectivity index (χ1v) is 8.87. The number of alkyl halides is 1. The van der Waals surface area contributed by atoms with Crippen molar-refractivity contribution in [2.24, 2.45) is 5.92 Å². The van der Waals surface area contributed by atoms with Gasteiger partial charge >= 0.3 is 0 Å². The van der Waals surface area contributed by atoms with E-state index in [2.05, 4.69) is 5.32 Å². The van der Waals surface area contributed by atoms with Gasteiger partial charge in [0.05, 0.1) is 6.61 Å². The molecule has 0 radical (unpaired) electrons. The van der Waals surface area contributed by atoms with Crippen LogP contribution in [0.1, 0.15) is 38.5 Å². The number of hydrogen-bond donors (Lipinski definition) is 2. The minimum absolute atomic E-state index is 0.0336. The second-order valence-electron chi connectivity index (χ2n) is 7.26. The monoisotopic (exact) mass is 353 g/mol. The number of ether oxygens (including phenoxy) is 1. The van der Waals surface area contributed by atoms with Crippen molar-refractivity contribution in [3.8, 4) is 0 Å². The number of hydrogen-bond acceptors (Lipinski definition) is 3. The molecule has 2 fully saturated rings. The number of likely N-dealkylation sites (N-methyl/N-ethyl adjacent to an activating group) is 1. The second-order valence-corrected chi connectivity index (χ2v) is 7.26. The number of nitrogens with zero attached hydrogens (tertiary/aromatic N) is 1.